The second kappa shape index (κ2) is 26.2. The van der Waals surface area contributed by atoms with Crippen LogP contribution in [0, 0.1) is 70.0 Å². The van der Waals surface area contributed by atoms with Gasteiger partial charge in [0.25, 0.3) is 0 Å². The van der Waals surface area contributed by atoms with Crippen LogP contribution < -0.4 is 32.9 Å². The molecule has 0 N–H and O–H groups in total. The van der Waals surface area contributed by atoms with E-state index in [2.05, 4.69) is 0 Å². The molecule has 0 bridgehead atoms. The van der Waals surface area contributed by atoms with Gasteiger partial charge < -0.3 is 66.1 Å². The van der Waals surface area contributed by atoms with Crippen LogP contribution in [0.2, 0.25) is 0 Å². The molecule has 3 saturated heterocycles. The average Bonchev–Trinajstić information content (AvgIpc) is 1.58. The van der Waals surface area contributed by atoms with Crippen LogP contribution in [0.4, 0.5) is 43.9 Å². The molecule has 11 rings (SSSR count). The fourth-order valence-corrected chi connectivity index (χ4v) is 11.9. The second-order valence-corrected chi connectivity index (χ2v) is 21.9. The van der Waals surface area contributed by atoms with Gasteiger partial charge in [0, 0.05) is 11.8 Å². The summed E-state index contributed by atoms with van der Waals surface area (Å²) in [6.45, 7) is -3.56. The summed E-state index contributed by atoms with van der Waals surface area (Å²) in [5.41, 5.74) is 1.96. The summed E-state index contributed by atoms with van der Waals surface area (Å²) in [4.78, 5) is 42.1. The Morgan fingerprint density at radius 1 is 0.589 bits per heavy atom. The molecule has 31 heteroatoms. The zero-order valence-corrected chi connectivity index (χ0v) is 47.6. The van der Waals surface area contributed by atoms with E-state index >= 15 is 0 Å². The molecular weight excluding hydrogens is 1250 g/mol. The van der Waals surface area contributed by atoms with Crippen molar-refractivity contribution in [3.05, 3.63) is 171 Å². The highest BCUT2D eigenvalue weighted by atomic mass is 31.2. The monoisotopic (exact) mass is 1300 g/mol. The van der Waals surface area contributed by atoms with E-state index in [0.29, 0.717) is 11.1 Å². The number of carbonyl (C=O) groups is 3. The fraction of sp³-hybridized carbons (Fsp3) is 0.339. The number of fused-ring (bicyclic) bond motifs is 4. The Morgan fingerprint density at radius 3 is 1.59 bits per heavy atom. The number of carbonyl (C=O) groups excluding carboxylic acids is 3. The number of rotatable bonds is 21. The van der Waals surface area contributed by atoms with E-state index in [-0.39, 0.29) is 65.4 Å². The predicted octanol–water partition coefficient (Wildman–Crippen LogP) is 10.2. The largest absolute Gasteiger partial charge is 0.530 e. The molecule has 4 aliphatic heterocycles. The van der Waals surface area contributed by atoms with Crippen molar-refractivity contribution in [3.63, 3.8) is 0 Å². The van der Waals surface area contributed by atoms with Crippen molar-refractivity contribution in [1.82, 2.24) is 0 Å². The maximum Gasteiger partial charge on any atom is 0.530 e. The van der Waals surface area contributed by atoms with Gasteiger partial charge in [-0.3, -0.25) is 13.8 Å². The van der Waals surface area contributed by atoms with Crippen molar-refractivity contribution < 1.29 is 138 Å². The fourth-order valence-electron chi connectivity index (χ4n) is 10.8. The summed E-state index contributed by atoms with van der Waals surface area (Å²) in [5.74, 6) is -36.5. The highest BCUT2D eigenvalue weighted by molar-refractivity contribution is 7.48. The van der Waals surface area contributed by atoms with Gasteiger partial charge in [0.05, 0.1) is 52.7 Å². The van der Waals surface area contributed by atoms with Crippen molar-refractivity contribution in [1.29, 1.82) is 0 Å². The highest BCUT2D eigenvalue weighted by Crippen LogP contribution is 2.60. The molecule has 5 aliphatic rings. The highest BCUT2D eigenvalue weighted by Gasteiger charge is 2.58. The van der Waals surface area contributed by atoms with Gasteiger partial charge in [-0.15, -0.1) is 0 Å². The third kappa shape index (κ3) is 12.5. The van der Waals surface area contributed by atoms with Crippen molar-refractivity contribution in [2.24, 2.45) is 11.8 Å². The van der Waals surface area contributed by atoms with E-state index < -0.39 is 183 Å². The van der Waals surface area contributed by atoms with Gasteiger partial charge in [-0.2, -0.15) is 17.6 Å². The Hall–Kier alpha value is -8.38. The number of esters is 3. The average molecular weight is 1300 g/mol. The minimum absolute atomic E-state index is 0.108. The molecule has 1 aliphatic carbocycles. The van der Waals surface area contributed by atoms with Gasteiger partial charge in [-0.1, -0.05) is 60.7 Å². The Bertz CT molecular complexity index is 3650. The number of halogens is 10. The Morgan fingerprint density at radius 2 is 1.08 bits per heavy atom. The second-order valence-electron chi connectivity index (χ2n) is 20.3. The summed E-state index contributed by atoms with van der Waals surface area (Å²) in [5, 5.41) is 0. The molecule has 3 fully saturated rings. The molecule has 0 radical (unpaired) electrons. The van der Waals surface area contributed by atoms with E-state index in [9.17, 15) is 62.9 Å². The van der Waals surface area contributed by atoms with Gasteiger partial charge in [-0.05, 0) is 59.0 Å². The number of phosphoric ester groups is 1. The first-order valence-corrected chi connectivity index (χ1v) is 28.4. The first kappa shape index (κ1) is 63.2. The molecule has 4 heterocycles. The number of phosphoric acid groups is 1. The first-order chi connectivity index (χ1) is 43.2. The van der Waals surface area contributed by atoms with Gasteiger partial charge in [0.15, 0.2) is 72.5 Å². The molecule has 20 nitrogen and oxygen atoms in total. The molecule has 6 aromatic rings. The maximum absolute atomic E-state index is 14.8. The SMILES string of the molecule is COc1cc([C@@H]2c3cc4c(cc3[C@@H](O[C@@H]3O[C@@H]5CO[C@@H](C)O[C@H]5[C@H](OC(=O)COc5c(F)c(F)c(F)c(F)c5F)[C@H]3OC(=O)COc3c(F)c(F)c(F)c(F)c3F)[C@H]3COC(=O)C23)OCO4)cc(OC)c1OP(=O)(OCc1ccccc1)OCc1ccccc1. The van der Waals surface area contributed by atoms with Crippen LogP contribution in [0.5, 0.6) is 40.2 Å². The third-order valence-electron chi connectivity index (χ3n) is 14.9. The maximum atomic E-state index is 14.8. The van der Waals surface area contributed by atoms with E-state index in [1.165, 1.54) is 45.4 Å². The predicted molar refractivity (Wildman–Crippen MR) is 279 cm³/mol. The first-order valence-electron chi connectivity index (χ1n) is 26.9. The van der Waals surface area contributed by atoms with Crippen LogP contribution in [0.1, 0.15) is 46.8 Å². The molecule has 0 spiro atoms. The normalized spacial score (nSPS) is 23.2. The number of hydrogen-bond donors (Lipinski definition) is 0. The number of cyclic esters (lactones) is 1. The van der Waals surface area contributed by atoms with Crippen LogP contribution in [0.25, 0.3) is 0 Å². The van der Waals surface area contributed by atoms with Gasteiger partial charge in [0.1, 0.15) is 12.2 Å². The Balaban J connectivity index is 0.962. The summed E-state index contributed by atoms with van der Waals surface area (Å²) in [6.07, 6.45) is -12.2. The number of methoxy groups -OCH3 is 2. The van der Waals surface area contributed by atoms with E-state index in [1.54, 1.807) is 60.7 Å². The van der Waals surface area contributed by atoms with Gasteiger partial charge >= 0.3 is 25.7 Å². The van der Waals surface area contributed by atoms with E-state index in [4.69, 9.17) is 75.2 Å². The number of hydrogen-bond acceptors (Lipinski definition) is 20. The number of benzene rings is 6. The quantitative estimate of drug-likeness (QED) is 0.0163. The minimum atomic E-state index is -4.62. The number of ether oxygens (including phenoxy) is 13. The van der Waals surface area contributed by atoms with Gasteiger partial charge in [-0.25, -0.2) is 40.5 Å². The molecule has 0 saturated carbocycles. The zero-order chi connectivity index (χ0) is 63.9. The van der Waals surface area contributed by atoms with Crippen molar-refractivity contribution >= 4 is 25.7 Å². The van der Waals surface area contributed by atoms with Crippen LogP contribution >= 0.6 is 7.82 Å². The molecule has 478 valence electrons. The summed E-state index contributed by atoms with van der Waals surface area (Å²) >= 11 is 0. The van der Waals surface area contributed by atoms with E-state index in [1.807, 2.05) is 0 Å². The standard InChI is InChI=1S/C59H47F10O20P/c1-25-76-21-36-53(84-25)56(86-37(70)22-77-54-47(66)43(62)41(60)44(63)48(54)67)57(87-38(71)23-78-55-49(68)45(64)42(61)46(65)50(55)69)59(85-36)88-51-30-17-33-32(80-24-81-33)16-29(30)39(40-31(51)20-79-58(40)72)28-14-34(74-2)52(35(15-28)75-3)89-90(73,82-18-26-10-6-4-7-11-26)83-19-27-12-8-5-9-13-27/h4-17,25,31,36,39-40,51,53,56-57,59H,18-24H2,1-3H3/t25-,31+,36-,39-,40?,51-,53-,56+,57-,59+/m1/s1. The Kier molecular flexibility index (Phi) is 18.4. The molecular formula is C59H47F10O20P. The van der Waals surface area contributed by atoms with Crippen molar-refractivity contribution in [3.8, 4) is 40.2 Å². The lowest BCUT2D eigenvalue weighted by molar-refractivity contribution is -0.366. The van der Waals surface area contributed by atoms with Crippen LogP contribution in [0.15, 0.2) is 84.9 Å². The molecule has 10 atom stereocenters. The molecule has 0 amide bonds. The lowest BCUT2D eigenvalue weighted by Gasteiger charge is -2.49. The van der Waals surface area contributed by atoms with Gasteiger partial charge in [0.2, 0.25) is 70.7 Å². The molecule has 1 unspecified atom stereocenters. The lowest BCUT2D eigenvalue weighted by atomic mass is 9.66. The summed E-state index contributed by atoms with van der Waals surface area (Å²) in [7, 11) is -2.08. The van der Waals surface area contributed by atoms with Crippen LogP contribution in [-0.2, 0) is 74.4 Å². The van der Waals surface area contributed by atoms with Crippen LogP contribution in [0.3, 0.4) is 0 Å². The lowest BCUT2D eigenvalue weighted by Crippen LogP contribution is -2.65. The zero-order valence-electron chi connectivity index (χ0n) is 46.7. The third-order valence-corrected chi connectivity index (χ3v) is 16.2. The van der Waals surface area contributed by atoms with Crippen LogP contribution in [-0.4, -0.2) is 102 Å². The minimum Gasteiger partial charge on any atom is -0.493 e. The van der Waals surface area contributed by atoms with Crippen molar-refractivity contribution in [2.45, 2.75) is 69.2 Å². The Labute approximate surface area is 502 Å². The summed E-state index contributed by atoms with van der Waals surface area (Å²) in [6, 6.07) is 23.4. The smallest absolute Gasteiger partial charge is 0.493 e. The van der Waals surface area contributed by atoms with E-state index in [0.717, 1.165) is 0 Å². The molecule has 0 aromatic heterocycles. The topological polar surface area (TPSA) is 216 Å². The summed E-state index contributed by atoms with van der Waals surface area (Å²) < 4.78 is 251. The molecule has 6 aromatic carbocycles. The van der Waals surface area contributed by atoms with Crippen molar-refractivity contribution in [2.75, 3.05) is 47.4 Å². The molecule has 90 heavy (non-hydrogen) atoms.